The SMILES string of the molecule is CN1CC=C[C@@]2(C)S[C@]34C=CCN(c5ccc6ccccc6c5)C(=O)C3N(CCCCCO)C(=O)[C@@H]4[C@H]2C1=O. The van der Waals surface area contributed by atoms with Crippen LogP contribution in [0.15, 0.2) is 66.8 Å². The molecule has 0 radical (unpaired) electrons. The molecule has 2 saturated heterocycles. The number of anilines is 1. The molecule has 1 unspecified atom stereocenters. The van der Waals surface area contributed by atoms with Crippen LogP contribution >= 0.6 is 11.8 Å². The quantitative estimate of drug-likeness (QED) is 0.443. The lowest BCUT2D eigenvalue weighted by Crippen LogP contribution is -2.53. The Labute approximate surface area is 233 Å². The Morgan fingerprint density at radius 1 is 0.897 bits per heavy atom. The van der Waals surface area contributed by atoms with Gasteiger partial charge in [0.25, 0.3) is 5.91 Å². The average molecular weight is 546 g/mol. The summed E-state index contributed by atoms with van der Waals surface area (Å²) in [5.74, 6) is -1.42. The Bertz CT molecular complexity index is 1390. The van der Waals surface area contributed by atoms with Gasteiger partial charge in [-0.05, 0) is 49.1 Å². The first-order valence-electron chi connectivity index (χ1n) is 13.8. The van der Waals surface area contributed by atoms with E-state index in [4.69, 9.17) is 0 Å². The van der Waals surface area contributed by atoms with Crippen molar-refractivity contribution < 1.29 is 19.5 Å². The van der Waals surface area contributed by atoms with Gasteiger partial charge in [-0.1, -0.05) is 54.6 Å². The van der Waals surface area contributed by atoms with Crippen LogP contribution in [0, 0.1) is 11.8 Å². The van der Waals surface area contributed by atoms with E-state index in [0.29, 0.717) is 32.5 Å². The van der Waals surface area contributed by atoms with E-state index in [0.717, 1.165) is 22.9 Å². The van der Waals surface area contributed by atoms with Crippen LogP contribution in [0.5, 0.6) is 0 Å². The lowest BCUT2D eigenvalue weighted by molar-refractivity contribution is -0.143. The molecule has 4 heterocycles. The van der Waals surface area contributed by atoms with Gasteiger partial charge in [0, 0.05) is 43.7 Å². The Kier molecular flexibility index (Phi) is 6.58. The first-order valence-corrected chi connectivity index (χ1v) is 14.6. The molecule has 2 aromatic rings. The fourth-order valence-corrected chi connectivity index (χ4v) is 9.19. The largest absolute Gasteiger partial charge is 0.396 e. The summed E-state index contributed by atoms with van der Waals surface area (Å²) in [7, 11) is 1.78. The summed E-state index contributed by atoms with van der Waals surface area (Å²) < 4.78 is -1.43. The van der Waals surface area contributed by atoms with Crippen molar-refractivity contribution in [2.45, 2.75) is 41.7 Å². The minimum atomic E-state index is -0.839. The van der Waals surface area contributed by atoms with Crippen molar-refractivity contribution in [2.24, 2.45) is 11.8 Å². The maximum absolute atomic E-state index is 14.6. The number of unbranched alkanes of at least 4 members (excludes halogenated alkanes) is 2. The van der Waals surface area contributed by atoms with Crippen molar-refractivity contribution >= 4 is 45.9 Å². The molecule has 5 atom stereocenters. The van der Waals surface area contributed by atoms with Gasteiger partial charge < -0.3 is 19.8 Å². The third kappa shape index (κ3) is 4.02. The first-order chi connectivity index (χ1) is 18.8. The molecule has 7 nitrogen and oxygen atoms in total. The third-order valence-corrected chi connectivity index (χ3v) is 10.7. The number of hydrogen-bond donors (Lipinski definition) is 1. The normalized spacial score (nSPS) is 31.9. The molecule has 4 aliphatic heterocycles. The van der Waals surface area contributed by atoms with Gasteiger partial charge in [-0.25, -0.2) is 0 Å². The van der Waals surface area contributed by atoms with E-state index in [1.54, 1.807) is 33.5 Å². The molecule has 204 valence electrons. The number of hydrogen-bond acceptors (Lipinski definition) is 5. The summed E-state index contributed by atoms with van der Waals surface area (Å²) in [6, 6.07) is 13.4. The highest BCUT2D eigenvalue weighted by Gasteiger charge is 2.73. The minimum Gasteiger partial charge on any atom is -0.396 e. The number of thioether (sulfide) groups is 1. The van der Waals surface area contributed by atoms with Crippen LogP contribution in [0.4, 0.5) is 5.69 Å². The second-order valence-corrected chi connectivity index (χ2v) is 13.1. The molecule has 2 fully saturated rings. The highest BCUT2D eigenvalue weighted by molar-refractivity contribution is 8.02. The number of benzene rings is 2. The second kappa shape index (κ2) is 9.82. The molecule has 1 N–H and O–H groups in total. The van der Waals surface area contributed by atoms with Crippen LogP contribution < -0.4 is 4.90 Å². The summed E-state index contributed by atoms with van der Waals surface area (Å²) in [4.78, 5) is 47.9. The molecule has 4 aliphatic rings. The van der Waals surface area contributed by atoms with Gasteiger partial charge >= 0.3 is 0 Å². The Balaban J connectivity index is 1.44. The molecular formula is C31H35N3O4S. The number of nitrogens with zero attached hydrogens (tertiary/aromatic N) is 3. The van der Waals surface area contributed by atoms with E-state index in [2.05, 4.69) is 12.2 Å². The summed E-state index contributed by atoms with van der Waals surface area (Å²) in [6.45, 7) is 3.49. The standard InChI is InChI=1S/C31H35N3O4S/c1-30-14-8-16-32(2)27(36)24(30)25-28(37)34(17-6-3-7-19-35)26-29(38)33(18-9-15-31(25,26)39-30)23-13-12-21-10-4-5-11-22(21)20-23/h4-5,8-15,20,24-26,35H,3,6-7,16-19H2,1-2H3/t24-,25-,26?,30+,31-/m0/s1. The van der Waals surface area contributed by atoms with Crippen molar-refractivity contribution in [3.05, 3.63) is 66.8 Å². The molecule has 0 aromatic heterocycles. The van der Waals surface area contributed by atoms with Crippen LogP contribution in [0.25, 0.3) is 10.8 Å². The van der Waals surface area contributed by atoms with Crippen LogP contribution in [0.3, 0.4) is 0 Å². The third-order valence-electron chi connectivity index (χ3n) is 8.86. The van der Waals surface area contributed by atoms with E-state index in [-0.39, 0.29) is 24.3 Å². The van der Waals surface area contributed by atoms with Gasteiger partial charge in [-0.2, -0.15) is 0 Å². The minimum absolute atomic E-state index is 0.0393. The predicted octanol–water partition coefficient (Wildman–Crippen LogP) is 3.62. The highest BCUT2D eigenvalue weighted by Crippen LogP contribution is 2.65. The second-order valence-electron chi connectivity index (χ2n) is 11.3. The van der Waals surface area contributed by atoms with E-state index in [1.807, 2.05) is 61.5 Å². The molecule has 3 amide bonds. The van der Waals surface area contributed by atoms with E-state index in [1.165, 1.54) is 0 Å². The average Bonchev–Trinajstić information content (AvgIpc) is 3.20. The zero-order valence-corrected chi connectivity index (χ0v) is 23.3. The molecule has 6 rings (SSSR count). The summed E-state index contributed by atoms with van der Waals surface area (Å²) in [5.41, 5.74) is 0.802. The lowest BCUT2D eigenvalue weighted by Gasteiger charge is -2.37. The Hall–Kier alpha value is -3.10. The molecule has 1 spiro atoms. The smallest absolute Gasteiger partial charge is 0.251 e. The predicted molar refractivity (Wildman–Crippen MR) is 154 cm³/mol. The van der Waals surface area contributed by atoms with Crippen molar-refractivity contribution in [2.75, 3.05) is 38.2 Å². The number of fused-ring (bicyclic) bond motifs is 3. The summed E-state index contributed by atoms with van der Waals surface area (Å²) in [6.07, 6.45) is 10.3. The van der Waals surface area contributed by atoms with Gasteiger partial charge in [0.2, 0.25) is 11.8 Å². The zero-order chi connectivity index (χ0) is 27.4. The number of aliphatic hydroxyl groups is 1. The molecule has 0 saturated carbocycles. The van der Waals surface area contributed by atoms with Crippen molar-refractivity contribution in [1.29, 1.82) is 0 Å². The Morgan fingerprint density at radius 3 is 2.46 bits per heavy atom. The summed E-state index contributed by atoms with van der Waals surface area (Å²) >= 11 is 1.61. The van der Waals surface area contributed by atoms with Gasteiger partial charge in [-0.3, -0.25) is 14.4 Å². The first kappa shape index (κ1) is 26.1. The number of carbonyl (C=O) groups excluding carboxylic acids is 3. The number of rotatable bonds is 6. The van der Waals surface area contributed by atoms with Gasteiger partial charge in [0.1, 0.15) is 6.04 Å². The number of likely N-dealkylation sites (tertiary alicyclic amines) is 1. The van der Waals surface area contributed by atoms with Crippen LogP contribution in [-0.4, -0.2) is 81.5 Å². The monoisotopic (exact) mass is 545 g/mol. The molecule has 0 bridgehead atoms. The molecular weight excluding hydrogens is 510 g/mol. The molecule has 39 heavy (non-hydrogen) atoms. The van der Waals surface area contributed by atoms with Crippen molar-refractivity contribution in [3.63, 3.8) is 0 Å². The van der Waals surface area contributed by atoms with Gasteiger partial charge in [-0.15, -0.1) is 11.8 Å². The van der Waals surface area contributed by atoms with Crippen LogP contribution in [0.2, 0.25) is 0 Å². The summed E-state index contributed by atoms with van der Waals surface area (Å²) in [5, 5.41) is 11.4. The number of likely N-dealkylation sites (N-methyl/N-ethyl adjacent to an activating group) is 1. The number of carbonyl (C=O) groups is 3. The lowest BCUT2D eigenvalue weighted by atomic mass is 9.74. The maximum Gasteiger partial charge on any atom is 0.251 e. The van der Waals surface area contributed by atoms with Crippen LogP contribution in [0.1, 0.15) is 26.2 Å². The topological polar surface area (TPSA) is 81.2 Å². The van der Waals surface area contributed by atoms with Crippen LogP contribution in [-0.2, 0) is 14.4 Å². The van der Waals surface area contributed by atoms with Crippen molar-refractivity contribution in [3.8, 4) is 0 Å². The molecule has 0 aliphatic carbocycles. The fourth-order valence-electron chi connectivity index (χ4n) is 7.03. The van der Waals surface area contributed by atoms with Gasteiger partial charge in [0.15, 0.2) is 0 Å². The number of aliphatic hydroxyl groups excluding tert-OH is 1. The number of amides is 3. The molecule has 2 aromatic carbocycles. The zero-order valence-electron chi connectivity index (χ0n) is 22.5. The van der Waals surface area contributed by atoms with Crippen molar-refractivity contribution in [1.82, 2.24) is 9.80 Å². The van der Waals surface area contributed by atoms with E-state index >= 15 is 0 Å². The highest BCUT2D eigenvalue weighted by atomic mass is 32.2. The van der Waals surface area contributed by atoms with E-state index in [9.17, 15) is 19.5 Å². The Morgan fingerprint density at radius 2 is 1.67 bits per heavy atom. The maximum atomic E-state index is 14.6. The van der Waals surface area contributed by atoms with Gasteiger partial charge in [0.05, 0.1) is 16.6 Å². The van der Waals surface area contributed by atoms with E-state index < -0.39 is 27.4 Å². The molecule has 8 heteroatoms. The fraction of sp³-hybridized carbons (Fsp3) is 0.452.